The van der Waals surface area contributed by atoms with E-state index in [9.17, 15) is 19.8 Å². The number of hydrogen-bond acceptors (Lipinski definition) is 7. The first-order valence-electron chi connectivity index (χ1n) is 17.1. The minimum Gasteiger partial charge on any atom is -0.494 e. The number of carbonyl (C=O) groups is 2. The van der Waals surface area contributed by atoms with Gasteiger partial charge in [-0.3, -0.25) is 14.5 Å². The number of rotatable bonds is 15. The number of aliphatic hydroxyl groups is 2. The molecule has 2 heterocycles. The molecular weight excluding hydrogens is 606 g/mol. The van der Waals surface area contributed by atoms with E-state index in [1.54, 1.807) is 16.9 Å². The van der Waals surface area contributed by atoms with Crippen LogP contribution in [0.4, 0.5) is 11.4 Å². The molecule has 0 radical (unpaired) electrons. The summed E-state index contributed by atoms with van der Waals surface area (Å²) in [4.78, 5) is 30.6. The van der Waals surface area contributed by atoms with E-state index in [0.717, 1.165) is 40.2 Å². The molecule has 2 aliphatic rings. The van der Waals surface area contributed by atoms with Crippen molar-refractivity contribution in [1.29, 1.82) is 0 Å². The van der Waals surface area contributed by atoms with E-state index in [-0.39, 0.29) is 55.6 Å². The van der Waals surface area contributed by atoms with E-state index in [2.05, 4.69) is 18.3 Å². The van der Waals surface area contributed by atoms with Gasteiger partial charge in [-0.15, -0.1) is 0 Å². The number of hydrogen-bond donors (Lipinski definition) is 3. The van der Waals surface area contributed by atoms with E-state index in [1.165, 1.54) is 5.56 Å². The number of aliphatic hydroxyl groups excluding tert-OH is 2. The molecule has 2 aliphatic heterocycles. The standard InChI is InChI=1S/C39H49N3O6/c1-4-48-34-18-19-36-31(23-34)24-35(40-20-7-8-21-43)39(46)42(36)32-16-14-28(15-17-32)38(47-3)27(2)10-9-13-37(45)41-25-30-12-6-5-11-29(30)22-33(41)26-44/h5-6,9-12,14-19,23,27,33,35,38,40,43-44H,4,7-8,13,20-22,24-26H2,1-3H3/b10-9+/t27-,33-,35?,38+/m0/s1. The number of methoxy groups -OCH3 is 1. The van der Waals surface area contributed by atoms with Crippen LogP contribution in [0.1, 0.15) is 61.5 Å². The predicted molar refractivity (Wildman–Crippen MR) is 187 cm³/mol. The second-order valence-corrected chi connectivity index (χ2v) is 12.6. The summed E-state index contributed by atoms with van der Waals surface area (Å²) in [6.07, 6.45) is 6.60. The highest BCUT2D eigenvalue weighted by atomic mass is 16.5. The van der Waals surface area contributed by atoms with Gasteiger partial charge in [0.2, 0.25) is 11.8 Å². The molecule has 9 heteroatoms. The Balaban J connectivity index is 1.28. The minimum atomic E-state index is -0.389. The highest BCUT2D eigenvalue weighted by Gasteiger charge is 2.34. The lowest BCUT2D eigenvalue weighted by atomic mass is 9.93. The number of unbranched alkanes of at least 4 members (excludes halogenated alkanes) is 1. The summed E-state index contributed by atoms with van der Waals surface area (Å²) in [6.45, 7) is 5.80. The smallest absolute Gasteiger partial charge is 0.249 e. The fourth-order valence-corrected chi connectivity index (χ4v) is 6.83. The van der Waals surface area contributed by atoms with Crippen LogP contribution in [0.2, 0.25) is 0 Å². The van der Waals surface area contributed by atoms with Crippen LogP contribution in [0, 0.1) is 5.92 Å². The zero-order valence-electron chi connectivity index (χ0n) is 28.3. The van der Waals surface area contributed by atoms with Crippen LogP contribution in [-0.2, 0) is 33.7 Å². The quantitative estimate of drug-likeness (QED) is 0.152. The fourth-order valence-electron chi connectivity index (χ4n) is 6.83. The fraction of sp³-hybridized carbons (Fsp3) is 0.436. The molecule has 0 saturated carbocycles. The lowest BCUT2D eigenvalue weighted by molar-refractivity contribution is -0.134. The summed E-state index contributed by atoms with van der Waals surface area (Å²) in [5.74, 6) is 0.729. The topological polar surface area (TPSA) is 112 Å². The van der Waals surface area contributed by atoms with E-state index < -0.39 is 0 Å². The maximum Gasteiger partial charge on any atom is 0.249 e. The molecular formula is C39H49N3O6. The molecule has 256 valence electrons. The molecule has 0 fully saturated rings. The summed E-state index contributed by atoms with van der Waals surface area (Å²) < 4.78 is 11.7. The first-order chi connectivity index (χ1) is 23.4. The molecule has 0 aliphatic carbocycles. The molecule has 1 unspecified atom stereocenters. The van der Waals surface area contributed by atoms with E-state index in [1.807, 2.05) is 79.7 Å². The van der Waals surface area contributed by atoms with Gasteiger partial charge in [-0.2, -0.15) is 0 Å². The van der Waals surface area contributed by atoms with Crippen molar-refractivity contribution in [1.82, 2.24) is 10.2 Å². The molecule has 3 aromatic carbocycles. The lowest BCUT2D eigenvalue weighted by Gasteiger charge is -2.36. The van der Waals surface area contributed by atoms with Crippen LogP contribution in [-0.4, -0.2) is 72.5 Å². The van der Waals surface area contributed by atoms with Gasteiger partial charge >= 0.3 is 0 Å². The van der Waals surface area contributed by atoms with Gasteiger partial charge in [-0.25, -0.2) is 0 Å². The number of carbonyl (C=O) groups excluding carboxylic acids is 2. The Morgan fingerprint density at radius 3 is 2.50 bits per heavy atom. The molecule has 0 spiro atoms. The van der Waals surface area contributed by atoms with E-state index >= 15 is 0 Å². The average Bonchev–Trinajstić information content (AvgIpc) is 3.10. The van der Waals surface area contributed by atoms with Crippen molar-refractivity contribution in [2.75, 3.05) is 38.4 Å². The monoisotopic (exact) mass is 655 g/mol. The Morgan fingerprint density at radius 2 is 1.79 bits per heavy atom. The number of nitrogens with one attached hydrogen (secondary N) is 1. The maximum atomic E-state index is 13.8. The van der Waals surface area contributed by atoms with Gasteiger partial charge < -0.3 is 29.9 Å². The van der Waals surface area contributed by atoms with Crippen LogP contribution >= 0.6 is 0 Å². The molecule has 9 nitrogen and oxygen atoms in total. The number of nitrogens with zero attached hydrogens (tertiary/aromatic N) is 2. The number of benzene rings is 3. The summed E-state index contributed by atoms with van der Waals surface area (Å²) >= 11 is 0. The molecule has 3 aromatic rings. The summed E-state index contributed by atoms with van der Waals surface area (Å²) in [7, 11) is 1.68. The first-order valence-corrected chi connectivity index (χ1v) is 17.1. The zero-order chi connectivity index (χ0) is 34.0. The maximum absolute atomic E-state index is 13.8. The Kier molecular flexibility index (Phi) is 12.4. The van der Waals surface area contributed by atoms with Gasteiger partial charge in [-0.05, 0) is 91.7 Å². The summed E-state index contributed by atoms with van der Waals surface area (Å²) in [5, 5.41) is 22.6. The van der Waals surface area contributed by atoms with Crippen molar-refractivity contribution < 1.29 is 29.3 Å². The average molecular weight is 656 g/mol. The highest BCUT2D eigenvalue weighted by molar-refractivity contribution is 6.06. The molecule has 3 N–H and O–H groups in total. The first kappa shape index (κ1) is 35.3. The highest BCUT2D eigenvalue weighted by Crippen LogP contribution is 2.38. The Morgan fingerprint density at radius 1 is 1.02 bits per heavy atom. The second kappa shape index (κ2) is 16.9. The van der Waals surface area contributed by atoms with Gasteiger partial charge in [0.1, 0.15) is 5.75 Å². The van der Waals surface area contributed by atoms with Crippen LogP contribution in [0.5, 0.6) is 5.75 Å². The van der Waals surface area contributed by atoms with E-state index in [0.29, 0.717) is 39.0 Å². The Bertz CT molecular complexity index is 1560. The third kappa shape index (κ3) is 8.15. The third-order valence-electron chi connectivity index (χ3n) is 9.35. The van der Waals surface area contributed by atoms with Crippen molar-refractivity contribution in [3.8, 4) is 5.75 Å². The van der Waals surface area contributed by atoms with Gasteiger partial charge in [0, 0.05) is 38.3 Å². The largest absolute Gasteiger partial charge is 0.494 e. The van der Waals surface area contributed by atoms with E-state index in [4.69, 9.17) is 9.47 Å². The number of fused-ring (bicyclic) bond motifs is 2. The molecule has 4 atom stereocenters. The van der Waals surface area contributed by atoms with Crippen molar-refractivity contribution >= 4 is 23.2 Å². The molecule has 48 heavy (non-hydrogen) atoms. The second-order valence-electron chi connectivity index (χ2n) is 12.6. The predicted octanol–water partition coefficient (Wildman–Crippen LogP) is 5.25. The van der Waals surface area contributed by atoms with Gasteiger partial charge in [0.25, 0.3) is 0 Å². The van der Waals surface area contributed by atoms with Crippen LogP contribution < -0.4 is 15.0 Å². The van der Waals surface area contributed by atoms with Crippen LogP contribution in [0.25, 0.3) is 0 Å². The lowest BCUT2D eigenvalue weighted by Crippen LogP contribution is -2.49. The minimum absolute atomic E-state index is 0.00799. The Hall–Kier alpha value is -4.02. The number of ether oxygens (including phenoxy) is 2. The molecule has 0 aromatic heterocycles. The van der Waals surface area contributed by atoms with Crippen molar-refractivity contribution in [2.45, 2.75) is 70.7 Å². The normalized spacial score (nSPS) is 18.8. The zero-order valence-corrected chi connectivity index (χ0v) is 28.3. The van der Waals surface area contributed by atoms with Crippen LogP contribution in [0.15, 0.2) is 78.9 Å². The van der Waals surface area contributed by atoms with Gasteiger partial charge in [0.05, 0.1) is 37.1 Å². The Labute approximate surface area is 284 Å². The molecule has 0 bridgehead atoms. The van der Waals surface area contributed by atoms with Gasteiger partial charge in [-0.1, -0.05) is 55.5 Å². The molecule has 2 amide bonds. The number of amides is 2. The summed E-state index contributed by atoms with van der Waals surface area (Å²) in [6, 6.07) is 21.3. The van der Waals surface area contributed by atoms with Crippen LogP contribution in [0.3, 0.4) is 0 Å². The third-order valence-corrected chi connectivity index (χ3v) is 9.35. The van der Waals surface area contributed by atoms with Gasteiger partial charge in [0.15, 0.2) is 0 Å². The van der Waals surface area contributed by atoms with Crippen molar-refractivity contribution in [3.63, 3.8) is 0 Å². The van der Waals surface area contributed by atoms with Crippen molar-refractivity contribution in [3.05, 3.63) is 101 Å². The molecule has 0 saturated heterocycles. The van der Waals surface area contributed by atoms with Crippen molar-refractivity contribution in [2.24, 2.45) is 5.92 Å². The number of anilines is 2. The summed E-state index contributed by atoms with van der Waals surface area (Å²) in [5.41, 5.74) is 5.93. The molecule has 5 rings (SSSR count). The SMILES string of the molecule is CCOc1ccc2c(c1)CC(NCCCCO)C(=O)N2c1ccc([C@H](OC)[C@@H](C)/C=C/CC(=O)N2Cc3ccccc3C[C@H]2CO)cc1.